The van der Waals surface area contributed by atoms with Crippen LogP contribution in [0.2, 0.25) is 0 Å². The summed E-state index contributed by atoms with van der Waals surface area (Å²) in [7, 11) is -2.51. The molecule has 0 radical (unpaired) electrons. The third-order valence-electron chi connectivity index (χ3n) is 2.46. The van der Waals surface area contributed by atoms with E-state index in [1.54, 1.807) is 13.0 Å². The predicted octanol–water partition coefficient (Wildman–Crippen LogP) is 0.275. The highest BCUT2D eigenvalue weighted by molar-refractivity contribution is 7.92. The average Bonchev–Trinajstić information content (AvgIpc) is 2.46. The van der Waals surface area contributed by atoms with E-state index in [0.717, 1.165) is 0 Å². The van der Waals surface area contributed by atoms with Gasteiger partial charge >= 0.3 is 0 Å². The van der Waals surface area contributed by atoms with Gasteiger partial charge in [-0.2, -0.15) is 4.98 Å². The molecule has 9 nitrogen and oxygen atoms in total. The Labute approximate surface area is 121 Å². The summed E-state index contributed by atoms with van der Waals surface area (Å²) in [4.78, 5) is 11.6. The molecule has 2 rings (SSSR count). The SMILES string of the molecule is COc1cc(C)nc(NS(=O)(=O)c2cccnc2NN)n1. The van der Waals surface area contributed by atoms with Crippen molar-refractivity contribution >= 4 is 21.8 Å². The molecule has 4 N–H and O–H groups in total. The van der Waals surface area contributed by atoms with Gasteiger partial charge in [0.05, 0.1) is 7.11 Å². The minimum absolute atomic E-state index is 0.0182. The molecule has 0 fully saturated rings. The molecular weight excluding hydrogens is 296 g/mol. The Balaban J connectivity index is 2.40. The molecular formula is C11H14N6O3S. The molecule has 0 bridgehead atoms. The van der Waals surface area contributed by atoms with Crippen LogP contribution < -0.4 is 20.7 Å². The van der Waals surface area contributed by atoms with Crippen molar-refractivity contribution in [3.63, 3.8) is 0 Å². The van der Waals surface area contributed by atoms with Crippen molar-refractivity contribution in [3.8, 4) is 5.88 Å². The Kier molecular flexibility index (Phi) is 4.19. The van der Waals surface area contributed by atoms with Crippen LogP contribution in [0.3, 0.4) is 0 Å². The number of methoxy groups -OCH3 is 1. The first-order valence-electron chi connectivity index (χ1n) is 5.80. The highest BCUT2D eigenvalue weighted by Gasteiger charge is 2.20. The number of hydrogen-bond donors (Lipinski definition) is 3. The van der Waals surface area contributed by atoms with Gasteiger partial charge in [-0.25, -0.2) is 29.0 Å². The van der Waals surface area contributed by atoms with E-state index in [2.05, 4.69) is 25.1 Å². The van der Waals surface area contributed by atoms with Crippen molar-refractivity contribution in [2.75, 3.05) is 17.3 Å². The summed E-state index contributed by atoms with van der Waals surface area (Å²) in [6, 6.07) is 4.42. The first kappa shape index (κ1) is 14.9. The van der Waals surface area contributed by atoms with Gasteiger partial charge in [-0.3, -0.25) is 0 Å². The number of nitrogens with zero attached hydrogens (tertiary/aromatic N) is 3. The second-order valence-corrected chi connectivity index (χ2v) is 5.63. The number of rotatable bonds is 5. The topological polar surface area (TPSA) is 132 Å². The molecule has 0 aliphatic carbocycles. The molecule has 2 aromatic heterocycles. The first-order chi connectivity index (χ1) is 9.96. The van der Waals surface area contributed by atoms with Gasteiger partial charge in [0.1, 0.15) is 4.90 Å². The van der Waals surface area contributed by atoms with Crippen LogP contribution in [-0.2, 0) is 10.0 Å². The van der Waals surface area contributed by atoms with E-state index in [9.17, 15) is 8.42 Å². The van der Waals surface area contributed by atoms with Crippen molar-refractivity contribution in [2.45, 2.75) is 11.8 Å². The Bertz CT molecular complexity index is 749. The van der Waals surface area contributed by atoms with Crippen LogP contribution in [0.15, 0.2) is 29.3 Å². The van der Waals surface area contributed by atoms with E-state index in [0.29, 0.717) is 5.69 Å². The lowest BCUT2D eigenvalue weighted by Gasteiger charge is -2.10. The maximum atomic E-state index is 12.3. The van der Waals surface area contributed by atoms with Gasteiger partial charge in [0.15, 0.2) is 5.82 Å². The Morgan fingerprint density at radius 2 is 2.10 bits per heavy atom. The average molecular weight is 310 g/mol. The number of nitrogen functional groups attached to an aromatic ring is 1. The molecule has 0 aliphatic heterocycles. The van der Waals surface area contributed by atoms with Crippen LogP contribution in [0, 0.1) is 6.92 Å². The minimum Gasteiger partial charge on any atom is -0.481 e. The molecule has 0 aliphatic rings. The number of anilines is 2. The maximum Gasteiger partial charge on any atom is 0.267 e. The fourth-order valence-corrected chi connectivity index (χ4v) is 2.65. The minimum atomic E-state index is -3.93. The molecule has 0 amide bonds. The van der Waals surface area contributed by atoms with Crippen LogP contribution in [0.1, 0.15) is 5.69 Å². The number of sulfonamides is 1. The van der Waals surface area contributed by atoms with E-state index in [1.165, 1.54) is 25.4 Å². The van der Waals surface area contributed by atoms with Gasteiger partial charge in [-0.05, 0) is 19.1 Å². The summed E-state index contributed by atoms with van der Waals surface area (Å²) in [6.45, 7) is 1.69. The summed E-state index contributed by atoms with van der Waals surface area (Å²) in [5.74, 6) is 5.43. The third-order valence-corrected chi connectivity index (χ3v) is 3.82. The Morgan fingerprint density at radius 3 is 2.76 bits per heavy atom. The van der Waals surface area contributed by atoms with Crippen molar-refractivity contribution in [3.05, 3.63) is 30.1 Å². The van der Waals surface area contributed by atoms with Crippen molar-refractivity contribution in [2.24, 2.45) is 5.84 Å². The molecule has 0 unspecified atom stereocenters. The number of aryl methyl sites for hydroxylation is 1. The van der Waals surface area contributed by atoms with Crippen molar-refractivity contribution in [1.82, 2.24) is 15.0 Å². The standard InChI is InChI=1S/C11H14N6O3S/c1-7-6-9(20-2)15-11(14-7)17-21(18,19)8-4-3-5-13-10(8)16-12/h3-6H,12H2,1-2H3,(H,13,16)(H,14,15,17). The molecule has 2 aromatic rings. The lowest BCUT2D eigenvalue weighted by Crippen LogP contribution is -2.19. The van der Waals surface area contributed by atoms with Crippen molar-refractivity contribution < 1.29 is 13.2 Å². The van der Waals surface area contributed by atoms with Gasteiger partial charge < -0.3 is 10.2 Å². The molecule has 112 valence electrons. The van der Waals surface area contributed by atoms with Gasteiger partial charge in [-0.15, -0.1) is 0 Å². The molecule has 0 spiro atoms. The summed E-state index contributed by atoms with van der Waals surface area (Å²) in [5, 5.41) is 0. The van der Waals surface area contributed by atoms with Crippen LogP contribution in [-0.4, -0.2) is 30.5 Å². The molecule has 0 saturated carbocycles. The highest BCUT2D eigenvalue weighted by Crippen LogP contribution is 2.20. The fraction of sp³-hybridized carbons (Fsp3) is 0.182. The van der Waals surface area contributed by atoms with E-state index in [-0.39, 0.29) is 22.5 Å². The fourth-order valence-electron chi connectivity index (χ4n) is 1.58. The normalized spacial score (nSPS) is 11.0. The summed E-state index contributed by atoms with van der Waals surface area (Å²) >= 11 is 0. The summed E-state index contributed by atoms with van der Waals surface area (Å²) in [5.41, 5.74) is 2.78. The quantitative estimate of drug-likeness (QED) is 0.529. The zero-order valence-electron chi connectivity index (χ0n) is 11.4. The molecule has 21 heavy (non-hydrogen) atoms. The van der Waals surface area contributed by atoms with Gasteiger partial charge in [0.2, 0.25) is 11.8 Å². The largest absolute Gasteiger partial charge is 0.481 e. The number of aromatic nitrogens is 3. The molecule has 0 aromatic carbocycles. The second-order valence-electron chi connectivity index (χ2n) is 3.98. The molecule has 2 heterocycles. The van der Waals surface area contributed by atoms with Gasteiger partial charge in [-0.1, -0.05) is 0 Å². The van der Waals surface area contributed by atoms with Crippen LogP contribution in [0.5, 0.6) is 5.88 Å². The summed E-state index contributed by atoms with van der Waals surface area (Å²) < 4.78 is 31.9. The van der Waals surface area contributed by atoms with Crippen molar-refractivity contribution in [1.29, 1.82) is 0 Å². The second kappa shape index (κ2) is 5.89. The van der Waals surface area contributed by atoms with Crippen LogP contribution in [0.4, 0.5) is 11.8 Å². The zero-order valence-corrected chi connectivity index (χ0v) is 12.2. The lowest BCUT2D eigenvalue weighted by molar-refractivity contribution is 0.397. The molecule has 0 atom stereocenters. The molecule has 0 saturated heterocycles. The first-order valence-corrected chi connectivity index (χ1v) is 7.28. The highest BCUT2D eigenvalue weighted by atomic mass is 32.2. The monoisotopic (exact) mass is 310 g/mol. The van der Waals surface area contributed by atoms with E-state index in [4.69, 9.17) is 10.6 Å². The molecule has 10 heteroatoms. The predicted molar refractivity (Wildman–Crippen MR) is 76.2 cm³/mol. The van der Waals surface area contributed by atoms with Gasteiger partial charge in [0, 0.05) is 18.0 Å². The van der Waals surface area contributed by atoms with E-state index < -0.39 is 10.0 Å². The Morgan fingerprint density at radius 1 is 1.33 bits per heavy atom. The number of ether oxygens (including phenoxy) is 1. The van der Waals surface area contributed by atoms with E-state index in [1.807, 2.05) is 0 Å². The third kappa shape index (κ3) is 3.35. The number of pyridine rings is 1. The van der Waals surface area contributed by atoms with Crippen LogP contribution >= 0.6 is 0 Å². The smallest absolute Gasteiger partial charge is 0.267 e. The number of hydrogen-bond acceptors (Lipinski definition) is 8. The zero-order chi connectivity index (χ0) is 15.5. The van der Waals surface area contributed by atoms with Gasteiger partial charge in [0.25, 0.3) is 10.0 Å². The number of nitrogens with one attached hydrogen (secondary N) is 2. The number of hydrazine groups is 1. The van der Waals surface area contributed by atoms with E-state index >= 15 is 0 Å². The number of nitrogens with two attached hydrogens (primary N) is 1. The maximum absolute atomic E-state index is 12.3. The summed E-state index contributed by atoms with van der Waals surface area (Å²) in [6.07, 6.45) is 1.42. The van der Waals surface area contributed by atoms with Crippen LogP contribution in [0.25, 0.3) is 0 Å². The lowest BCUT2D eigenvalue weighted by atomic mass is 10.4. The Hall–Kier alpha value is -2.46.